The van der Waals surface area contributed by atoms with Gasteiger partial charge >= 0.3 is 0 Å². The van der Waals surface area contributed by atoms with Crippen LogP contribution in [-0.4, -0.2) is 44.3 Å². The van der Waals surface area contributed by atoms with Crippen molar-refractivity contribution in [2.75, 3.05) is 27.3 Å². The minimum Gasteiger partial charge on any atom is -0.389 e. The highest BCUT2D eigenvalue weighted by molar-refractivity contribution is 4.74. The molecule has 0 radical (unpaired) electrons. The van der Waals surface area contributed by atoms with Crippen molar-refractivity contribution in [2.24, 2.45) is 0 Å². The minimum atomic E-state index is -0.638. The Balaban J connectivity index is 3.60. The Hall–Kier alpha value is -0.160. The Morgan fingerprint density at radius 2 is 1.93 bits per heavy atom. The quantitative estimate of drug-likeness (QED) is 0.574. The monoisotopic (exact) mass is 205 g/mol. The van der Waals surface area contributed by atoms with Crippen LogP contribution in [0.3, 0.4) is 0 Å². The first-order chi connectivity index (χ1) is 6.55. The average Bonchev–Trinajstić information content (AvgIpc) is 2.12. The van der Waals surface area contributed by atoms with E-state index in [9.17, 15) is 5.11 Å². The summed E-state index contributed by atoms with van der Waals surface area (Å²) in [6.45, 7) is 5.04. The summed E-state index contributed by atoms with van der Waals surface area (Å²) in [5.74, 6) is 0. The molecule has 86 valence electrons. The van der Waals surface area contributed by atoms with E-state index in [1.807, 2.05) is 6.92 Å². The maximum Gasteiger partial charge on any atom is 0.169 e. The topological polar surface area (TPSA) is 50.7 Å². The molecule has 0 heterocycles. The van der Waals surface area contributed by atoms with Crippen LogP contribution >= 0.6 is 0 Å². The lowest BCUT2D eigenvalue weighted by molar-refractivity contribution is -0.101. The molecule has 0 aliphatic carbocycles. The highest BCUT2D eigenvalue weighted by Crippen LogP contribution is 2.09. The van der Waals surface area contributed by atoms with Gasteiger partial charge in [-0.05, 0) is 13.3 Å². The third kappa shape index (κ3) is 6.32. The number of methoxy groups -OCH3 is 2. The molecule has 0 amide bonds. The Morgan fingerprint density at radius 3 is 2.36 bits per heavy atom. The molecule has 0 rings (SSSR count). The SMILES string of the molecule is CCCC(C)(O)CNCC(OC)OC. The smallest absolute Gasteiger partial charge is 0.169 e. The molecule has 14 heavy (non-hydrogen) atoms. The summed E-state index contributed by atoms with van der Waals surface area (Å²) in [6, 6.07) is 0. The average molecular weight is 205 g/mol. The molecular formula is C10H23NO3. The van der Waals surface area contributed by atoms with Gasteiger partial charge in [-0.2, -0.15) is 0 Å². The largest absolute Gasteiger partial charge is 0.389 e. The number of hydrogen-bond acceptors (Lipinski definition) is 4. The number of aliphatic hydroxyl groups is 1. The van der Waals surface area contributed by atoms with Crippen molar-refractivity contribution in [3.63, 3.8) is 0 Å². The molecule has 4 nitrogen and oxygen atoms in total. The number of hydrogen-bond donors (Lipinski definition) is 2. The van der Waals surface area contributed by atoms with Gasteiger partial charge in [-0.3, -0.25) is 0 Å². The normalized spacial score (nSPS) is 15.9. The number of rotatable bonds is 8. The van der Waals surface area contributed by atoms with Crippen molar-refractivity contribution >= 4 is 0 Å². The fraction of sp³-hybridized carbons (Fsp3) is 1.00. The fourth-order valence-corrected chi connectivity index (χ4v) is 1.35. The Bertz CT molecular complexity index is 135. The molecule has 0 spiro atoms. The van der Waals surface area contributed by atoms with Gasteiger partial charge in [0.15, 0.2) is 6.29 Å². The van der Waals surface area contributed by atoms with Crippen molar-refractivity contribution < 1.29 is 14.6 Å². The highest BCUT2D eigenvalue weighted by atomic mass is 16.7. The van der Waals surface area contributed by atoms with Crippen LogP contribution in [0.25, 0.3) is 0 Å². The van der Waals surface area contributed by atoms with E-state index >= 15 is 0 Å². The third-order valence-corrected chi connectivity index (χ3v) is 2.13. The second kappa shape index (κ2) is 7.17. The molecule has 0 aliphatic heterocycles. The lowest BCUT2D eigenvalue weighted by Crippen LogP contribution is -2.41. The van der Waals surface area contributed by atoms with E-state index < -0.39 is 5.60 Å². The van der Waals surface area contributed by atoms with Gasteiger partial charge in [-0.15, -0.1) is 0 Å². The van der Waals surface area contributed by atoms with Gasteiger partial charge in [0.05, 0.1) is 5.60 Å². The van der Waals surface area contributed by atoms with Crippen molar-refractivity contribution in [3.8, 4) is 0 Å². The molecule has 1 atom stereocenters. The standard InChI is InChI=1S/C10H23NO3/c1-5-6-10(2,12)8-11-7-9(13-3)14-4/h9,11-12H,5-8H2,1-4H3. The Kier molecular flexibility index (Phi) is 7.09. The molecule has 0 aromatic heterocycles. The van der Waals surface area contributed by atoms with Crippen LogP contribution < -0.4 is 5.32 Å². The van der Waals surface area contributed by atoms with Gasteiger partial charge in [0.1, 0.15) is 0 Å². The molecule has 0 saturated carbocycles. The van der Waals surface area contributed by atoms with Crippen molar-refractivity contribution in [2.45, 2.75) is 38.6 Å². The third-order valence-electron chi connectivity index (χ3n) is 2.13. The highest BCUT2D eigenvalue weighted by Gasteiger charge is 2.18. The molecule has 2 N–H and O–H groups in total. The predicted molar refractivity (Wildman–Crippen MR) is 56.2 cm³/mol. The summed E-state index contributed by atoms with van der Waals surface area (Å²) >= 11 is 0. The number of ether oxygens (including phenoxy) is 2. The minimum absolute atomic E-state index is 0.243. The second-order valence-corrected chi connectivity index (χ2v) is 3.78. The molecule has 0 aromatic rings. The van der Waals surface area contributed by atoms with Crippen molar-refractivity contribution in [1.82, 2.24) is 5.32 Å². The lowest BCUT2D eigenvalue weighted by Gasteiger charge is -2.24. The maximum atomic E-state index is 9.83. The van der Waals surface area contributed by atoms with Crippen LogP contribution in [0.1, 0.15) is 26.7 Å². The second-order valence-electron chi connectivity index (χ2n) is 3.78. The lowest BCUT2D eigenvalue weighted by atomic mass is 10.0. The van der Waals surface area contributed by atoms with Gasteiger partial charge in [0, 0.05) is 27.3 Å². The zero-order valence-corrected chi connectivity index (χ0v) is 9.67. The molecule has 0 aromatic carbocycles. The molecule has 0 bridgehead atoms. The molecule has 1 unspecified atom stereocenters. The first-order valence-electron chi connectivity index (χ1n) is 5.04. The Morgan fingerprint density at radius 1 is 1.36 bits per heavy atom. The van der Waals surface area contributed by atoms with Gasteiger partial charge in [-0.25, -0.2) is 0 Å². The van der Waals surface area contributed by atoms with Crippen LogP contribution in [0, 0.1) is 0 Å². The van der Waals surface area contributed by atoms with Crippen LogP contribution in [-0.2, 0) is 9.47 Å². The summed E-state index contributed by atoms with van der Waals surface area (Å²) in [4.78, 5) is 0. The predicted octanol–water partition coefficient (Wildman–Crippen LogP) is 0.746. The van der Waals surface area contributed by atoms with E-state index in [1.165, 1.54) is 0 Å². The first-order valence-corrected chi connectivity index (χ1v) is 5.04. The molecule has 4 heteroatoms. The summed E-state index contributed by atoms with van der Waals surface area (Å²) in [7, 11) is 3.19. The van der Waals surface area contributed by atoms with Gasteiger partial charge in [-0.1, -0.05) is 13.3 Å². The van der Waals surface area contributed by atoms with E-state index in [0.29, 0.717) is 13.1 Å². The van der Waals surface area contributed by atoms with Crippen LogP contribution in [0.15, 0.2) is 0 Å². The van der Waals surface area contributed by atoms with Crippen LogP contribution in [0.2, 0.25) is 0 Å². The molecule has 0 aliphatic rings. The van der Waals surface area contributed by atoms with Gasteiger partial charge < -0.3 is 19.9 Å². The van der Waals surface area contributed by atoms with Crippen molar-refractivity contribution in [3.05, 3.63) is 0 Å². The molecular weight excluding hydrogens is 182 g/mol. The Labute approximate surface area is 86.6 Å². The van der Waals surface area contributed by atoms with E-state index in [1.54, 1.807) is 14.2 Å². The van der Waals surface area contributed by atoms with E-state index in [2.05, 4.69) is 12.2 Å². The van der Waals surface area contributed by atoms with Gasteiger partial charge in [0.2, 0.25) is 0 Å². The fourth-order valence-electron chi connectivity index (χ4n) is 1.35. The first kappa shape index (κ1) is 13.8. The van der Waals surface area contributed by atoms with Crippen LogP contribution in [0.4, 0.5) is 0 Å². The molecule has 0 fully saturated rings. The van der Waals surface area contributed by atoms with Crippen LogP contribution in [0.5, 0.6) is 0 Å². The number of nitrogens with one attached hydrogen (secondary N) is 1. The summed E-state index contributed by atoms with van der Waals surface area (Å²) < 4.78 is 10.0. The zero-order valence-electron chi connectivity index (χ0n) is 9.67. The molecule has 0 saturated heterocycles. The van der Waals surface area contributed by atoms with E-state index in [0.717, 1.165) is 12.8 Å². The summed E-state index contributed by atoms with van der Waals surface area (Å²) in [5.41, 5.74) is -0.638. The zero-order chi connectivity index (χ0) is 11.0. The van der Waals surface area contributed by atoms with E-state index in [-0.39, 0.29) is 6.29 Å². The maximum absolute atomic E-state index is 9.83. The van der Waals surface area contributed by atoms with E-state index in [4.69, 9.17) is 9.47 Å². The summed E-state index contributed by atoms with van der Waals surface area (Å²) in [5, 5.41) is 12.9. The van der Waals surface area contributed by atoms with Gasteiger partial charge in [0.25, 0.3) is 0 Å². The summed E-state index contributed by atoms with van der Waals surface area (Å²) in [6.07, 6.45) is 1.53. The van der Waals surface area contributed by atoms with Crippen molar-refractivity contribution in [1.29, 1.82) is 0 Å².